The molecule has 0 unspecified atom stereocenters. The van der Waals surface area contributed by atoms with E-state index in [1.54, 1.807) is 11.7 Å². The Morgan fingerprint density at radius 1 is 1.16 bits per heavy atom. The molecule has 1 aliphatic heterocycles. The summed E-state index contributed by atoms with van der Waals surface area (Å²) in [5, 5.41) is 20.6. The van der Waals surface area contributed by atoms with E-state index in [1.807, 2.05) is 4.90 Å². The van der Waals surface area contributed by atoms with Gasteiger partial charge in [0.25, 0.3) is 0 Å². The van der Waals surface area contributed by atoms with Gasteiger partial charge in [-0.1, -0.05) is 11.8 Å². The van der Waals surface area contributed by atoms with Crippen molar-refractivity contribution in [3.05, 3.63) is 17.8 Å². The maximum absolute atomic E-state index is 12.4. The Bertz CT molecular complexity index is 736. The van der Waals surface area contributed by atoms with Gasteiger partial charge in [-0.05, 0) is 35.4 Å². The summed E-state index contributed by atoms with van der Waals surface area (Å²) in [7, 11) is 1.76. The first-order valence-electron chi connectivity index (χ1n) is 8.42. The minimum absolute atomic E-state index is 0.114. The summed E-state index contributed by atoms with van der Waals surface area (Å²) in [5.74, 6) is 1.99. The molecule has 2 aromatic rings. The highest BCUT2D eigenvalue weighted by Crippen LogP contribution is 2.38. The van der Waals surface area contributed by atoms with E-state index in [-0.39, 0.29) is 5.91 Å². The van der Waals surface area contributed by atoms with Crippen molar-refractivity contribution in [3.63, 3.8) is 0 Å². The Morgan fingerprint density at radius 2 is 1.96 bits per heavy atom. The van der Waals surface area contributed by atoms with E-state index in [0.29, 0.717) is 29.9 Å². The zero-order chi connectivity index (χ0) is 17.2. The van der Waals surface area contributed by atoms with Gasteiger partial charge in [-0.25, -0.2) is 4.68 Å². The Kier molecular flexibility index (Phi) is 4.51. The van der Waals surface area contributed by atoms with Crippen LogP contribution in [0.2, 0.25) is 0 Å². The van der Waals surface area contributed by atoms with E-state index in [0.717, 1.165) is 24.6 Å². The molecule has 0 atom stereocenters. The molecule has 0 radical (unpaired) electrons. The molecule has 132 valence electrons. The van der Waals surface area contributed by atoms with Crippen molar-refractivity contribution in [2.75, 3.05) is 36.8 Å². The van der Waals surface area contributed by atoms with Crippen LogP contribution in [0.25, 0.3) is 0 Å². The number of tetrazole rings is 1. The second-order valence-corrected chi connectivity index (χ2v) is 7.27. The number of carbonyl (C=O) groups excluding carboxylic acids is 1. The van der Waals surface area contributed by atoms with Crippen molar-refractivity contribution in [1.29, 1.82) is 0 Å². The molecule has 4 rings (SSSR count). The molecule has 0 aromatic carbocycles. The third kappa shape index (κ3) is 3.73. The van der Waals surface area contributed by atoms with Crippen molar-refractivity contribution in [1.82, 2.24) is 35.3 Å². The summed E-state index contributed by atoms with van der Waals surface area (Å²) in [6.07, 6.45) is 2.47. The maximum Gasteiger partial charge on any atom is 0.233 e. The zero-order valence-corrected chi connectivity index (χ0v) is 14.9. The van der Waals surface area contributed by atoms with Crippen LogP contribution in [-0.4, -0.2) is 73.1 Å². The fraction of sp³-hybridized carbons (Fsp3) is 0.600. The number of amides is 1. The number of aromatic nitrogens is 6. The average molecular weight is 360 g/mol. The molecule has 10 heteroatoms. The molecule has 0 N–H and O–H groups in total. The molecular formula is C15H20N8OS. The molecular weight excluding hydrogens is 340 g/mol. The molecule has 2 fully saturated rings. The first-order valence-corrected chi connectivity index (χ1v) is 9.41. The molecule has 25 heavy (non-hydrogen) atoms. The van der Waals surface area contributed by atoms with Gasteiger partial charge in [-0.15, -0.1) is 10.2 Å². The van der Waals surface area contributed by atoms with Gasteiger partial charge in [-0.2, -0.15) is 5.10 Å². The lowest BCUT2D eigenvalue weighted by Crippen LogP contribution is -2.49. The SMILES string of the molecule is Cn1nnnc1SCC(=O)N1CCN(c2ccc(C3CC3)nn2)CC1. The summed E-state index contributed by atoms with van der Waals surface area (Å²) in [4.78, 5) is 16.4. The van der Waals surface area contributed by atoms with Gasteiger partial charge < -0.3 is 9.80 Å². The predicted molar refractivity (Wildman–Crippen MR) is 92.3 cm³/mol. The van der Waals surface area contributed by atoms with Crippen molar-refractivity contribution in [2.24, 2.45) is 7.05 Å². The van der Waals surface area contributed by atoms with Crippen molar-refractivity contribution >= 4 is 23.5 Å². The monoisotopic (exact) mass is 360 g/mol. The molecule has 2 aromatic heterocycles. The number of aryl methyl sites for hydroxylation is 1. The number of rotatable bonds is 5. The molecule has 1 aliphatic carbocycles. The third-order valence-corrected chi connectivity index (χ3v) is 5.52. The summed E-state index contributed by atoms with van der Waals surface area (Å²) >= 11 is 1.36. The largest absolute Gasteiger partial charge is 0.352 e. The van der Waals surface area contributed by atoms with Crippen molar-refractivity contribution < 1.29 is 4.79 Å². The summed E-state index contributed by atoms with van der Waals surface area (Å²) in [5.41, 5.74) is 1.10. The van der Waals surface area contributed by atoms with E-state index >= 15 is 0 Å². The second-order valence-electron chi connectivity index (χ2n) is 6.33. The lowest BCUT2D eigenvalue weighted by molar-refractivity contribution is -0.128. The first kappa shape index (κ1) is 16.2. The number of anilines is 1. The fourth-order valence-corrected chi connectivity index (χ4v) is 3.60. The zero-order valence-electron chi connectivity index (χ0n) is 14.1. The second kappa shape index (κ2) is 6.95. The topological polar surface area (TPSA) is 92.9 Å². The van der Waals surface area contributed by atoms with E-state index in [9.17, 15) is 4.79 Å². The minimum atomic E-state index is 0.114. The van der Waals surface area contributed by atoms with Crippen LogP contribution in [-0.2, 0) is 11.8 Å². The Hall–Kier alpha value is -2.23. The van der Waals surface area contributed by atoms with Crippen LogP contribution in [0.4, 0.5) is 5.82 Å². The summed E-state index contributed by atoms with van der Waals surface area (Å²) in [6.45, 7) is 2.95. The lowest BCUT2D eigenvalue weighted by Gasteiger charge is -2.35. The van der Waals surface area contributed by atoms with E-state index in [1.165, 1.54) is 24.6 Å². The highest BCUT2D eigenvalue weighted by Gasteiger charge is 2.26. The third-order valence-electron chi connectivity index (χ3n) is 4.53. The molecule has 0 spiro atoms. The standard InChI is InChI=1S/C15H20N8OS/c1-21-15(18-19-20-21)25-10-14(24)23-8-6-22(7-9-23)13-5-4-12(16-17-13)11-2-3-11/h4-5,11H,2-3,6-10H2,1H3. The van der Waals surface area contributed by atoms with Crippen LogP contribution < -0.4 is 4.90 Å². The lowest BCUT2D eigenvalue weighted by atomic mass is 10.2. The van der Waals surface area contributed by atoms with Gasteiger partial charge in [0.2, 0.25) is 11.1 Å². The quantitative estimate of drug-likeness (QED) is 0.704. The highest BCUT2D eigenvalue weighted by atomic mass is 32.2. The van der Waals surface area contributed by atoms with Gasteiger partial charge in [0.15, 0.2) is 5.82 Å². The Balaban J connectivity index is 1.27. The first-order chi connectivity index (χ1) is 12.2. The van der Waals surface area contributed by atoms with Gasteiger partial charge in [-0.3, -0.25) is 4.79 Å². The molecule has 1 saturated carbocycles. The number of carbonyl (C=O) groups is 1. The van der Waals surface area contributed by atoms with Crippen LogP contribution in [0.3, 0.4) is 0 Å². The average Bonchev–Trinajstić information content (AvgIpc) is 3.42. The fourth-order valence-electron chi connectivity index (χ4n) is 2.85. The number of nitrogens with zero attached hydrogens (tertiary/aromatic N) is 8. The van der Waals surface area contributed by atoms with Crippen molar-refractivity contribution in [2.45, 2.75) is 23.9 Å². The highest BCUT2D eigenvalue weighted by molar-refractivity contribution is 7.99. The molecule has 9 nitrogen and oxygen atoms in total. The van der Waals surface area contributed by atoms with E-state index in [4.69, 9.17) is 0 Å². The van der Waals surface area contributed by atoms with Gasteiger partial charge in [0.05, 0.1) is 11.4 Å². The van der Waals surface area contributed by atoms with Crippen LogP contribution in [0, 0.1) is 0 Å². The number of hydrogen-bond acceptors (Lipinski definition) is 8. The summed E-state index contributed by atoms with van der Waals surface area (Å²) in [6, 6.07) is 4.14. The van der Waals surface area contributed by atoms with Crippen LogP contribution >= 0.6 is 11.8 Å². The smallest absolute Gasteiger partial charge is 0.233 e. The van der Waals surface area contributed by atoms with Crippen LogP contribution in [0.1, 0.15) is 24.5 Å². The molecule has 3 heterocycles. The number of hydrogen-bond donors (Lipinski definition) is 0. The van der Waals surface area contributed by atoms with Crippen LogP contribution in [0.5, 0.6) is 0 Å². The van der Waals surface area contributed by atoms with Crippen molar-refractivity contribution in [3.8, 4) is 0 Å². The molecule has 2 aliphatic rings. The van der Waals surface area contributed by atoms with E-state index in [2.05, 4.69) is 42.8 Å². The number of piperazine rings is 1. The predicted octanol–water partition coefficient (Wildman–Crippen LogP) is 0.318. The summed E-state index contributed by atoms with van der Waals surface area (Å²) < 4.78 is 1.57. The van der Waals surface area contributed by atoms with Gasteiger partial charge >= 0.3 is 0 Å². The van der Waals surface area contributed by atoms with E-state index < -0.39 is 0 Å². The normalized spacial score (nSPS) is 17.8. The molecule has 1 amide bonds. The molecule has 0 bridgehead atoms. The van der Waals surface area contributed by atoms with Gasteiger partial charge in [0, 0.05) is 39.1 Å². The Morgan fingerprint density at radius 3 is 2.56 bits per heavy atom. The maximum atomic E-state index is 12.4. The minimum Gasteiger partial charge on any atom is -0.352 e. The number of thioether (sulfide) groups is 1. The Labute approximate surface area is 149 Å². The molecule has 1 saturated heterocycles. The van der Waals surface area contributed by atoms with Gasteiger partial charge in [0.1, 0.15) is 0 Å². The van der Waals surface area contributed by atoms with Crippen LogP contribution in [0.15, 0.2) is 17.3 Å².